The number of nitrogens with one attached hydrogen (secondary N) is 2. The van der Waals surface area contributed by atoms with Crippen molar-refractivity contribution in [1.29, 1.82) is 0 Å². The van der Waals surface area contributed by atoms with E-state index in [1.54, 1.807) is 12.1 Å². The van der Waals surface area contributed by atoms with Crippen molar-refractivity contribution in [2.45, 2.75) is 31.1 Å². The van der Waals surface area contributed by atoms with E-state index in [9.17, 15) is 18.0 Å². The first kappa shape index (κ1) is 22.0. The molecule has 2 N–H and O–H groups in total. The second-order valence-electron chi connectivity index (χ2n) is 7.52. The number of carbonyl (C=O) groups is 1. The fraction of sp³-hybridized carbons (Fsp3) is 0.579. The molecule has 0 bridgehead atoms. The molecule has 0 aliphatic carbocycles. The number of hydrogen-bond donors (Lipinski definition) is 2. The first-order valence-electron chi connectivity index (χ1n) is 10.1. The van der Waals surface area contributed by atoms with Crippen LogP contribution < -0.4 is 10.6 Å². The van der Waals surface area contributed by atoms with Crippen LogP contribution in [0, 0.1) is 0 Å². The molecule has 2 aliphatic heterocycles. The topological polar surface area (TPSA) is 84.6 Å². The Labute approximate surface area is 181 Å². The van der Waals surface area contributed by atoms with Crippen molar-refractivity contribution >= 4 is 23.3 Å². The Bertz CT molecular complexity index is 896. The first-order chi connectivity index (χ1) is 14.8. The summed E-state index contributed by atoms with van der Waals surface area (Å²) in [7, 11) is 0. The molecule has 2 aliphatic rings. The van der Waals surface area contributed by atoms with Crippen LogP contribution in [-0.4, -0.2) is 66.2 Å². The van der Waals surface area contributed by atoms with Crippen LogP contribution in [0.4, 0.5) is 19.0 Å². The lowest BCUT2D eigenvalue weighted by Crippen LogP contribution is -2.38. The van der Waals surface area contributed by atoms with Crippen LogP contribution in [0.15, 0.2) is 22.8 Å². The van der Waals surface area contributed by atoms with Crippen LogP contribution in [0.5, 0.6) is 0 Å². The van der Waals surface area contributed by atoms with Gasteiger partial charge in [-0.25, -0.2) is 4.68 Å². The molecule has 12 heteroatoms. The molecule has 1 amide bonds. The average Bonchev–Trinajstić information content (AvgIpc) is 3.39. The van der Waals surface area contributed by atoms with Crippen molar-refractivity contribution in [1.82, 2.24) is 20.0 Å². The lowest BCUT2D eigenvalue weighted by molar-refractivity contribution is -0.174. The summed E-state index contributed by atoms with van der Waals surface area (Å²) in [5.41, 5.74) is -0.232. The van der Waals surface area contributed by atoms with Gasteiger partial charge in [-0.1, -0.05) is 11.6 Å². The van der Waals surface area contributed by atoms with E-state index < -0.39 is 24.2 Å². The van der Waals surface area contributed by atoms with Gasteiger partial charge in [-0.3, -0.25) is 9.69 Å². The number of amides is 1. The zero-order valence-electron chi connectivity index (χ0n) is 16.6. The zero-order valence-corrected chi connectivity index (χ0v) is 17.4. The van der Waals surface area contributed by atoms with E-state index >= 15 is 0 Å². The molecule has 4 heterocycles. The number of nitrogens with zero attached hydrogens (tertiary/aromatic N) is 3. The van der Waals surface area contributed by atoms with Gasteiger partial charge in [0.05, 0.1) is 25.5 Å². The van der Waals surface area contributed by atoms with E-state index in [0.29, 0.717) is 31.9 Å². The SMILES string of the molecule is O=C(NCCCN1CCOCC1)c1nn2c(c1Cl)N[C@H](c1ccco1)C[C@@H]2C(F)(F)F. The van der Waals surface area contributed by atoms with Crippen LogP contribution in [-0.2, 0) is 4.74 Å². The number of rotatable bonds is 6. The van der Waals surface area contributed by atoms with E-state index in [-0.39, 0.29) is 23.0 Å². The highest BCUT2D eigenvalue weighted by molar-refractivity contribution is 6.36. The third kappa shape index (κ3) is 4.83. The first-order valence-corrected chi connectivity index (χ1v) is 10.5. The van der Waals surface area contributed by atoms with Crippen LogP contribution in [0.1, 0.15) is 41.2 Å². The Morgan fingerprint density at radius 3 is 2.81 bits per heavy atom. The van der Waals surface area contributed by atoms with E-state index in [2.05, 4.69) is 20.6 Å². The predicted molar refractivity (Wildman–Crippen MR) is 106 cm³/mol. The zero-order chi connectivity index (χ0) is 22.0. The Hall–Kier alpha value is -2.24. The van der Waals surface area contributed by atoms with Crippen molar-refractivity contribution in [3.8, 4) is 0 Å². The van der Waals surface area contributed by atoms with Crippen molar-refractivity contribution in [2.24, 2.45) is 0 Å². The van der Waals surface area contributed by atoms with Gasteiger partial charge in [0.1, 0.15) is 16.6 Å². The number of fused-ring (bicyclic) bond motifs is 1. The van der Waals surface area contributed by atoms with Gasteiger partial charge < -0.3 is 19.8 Å². The molecule has 2 aromatic rings. The minimum atomic E-state index is -4.57. The summed E-state index contributed by atoms with van der Waals surface area (Å²) in [5.74, 6) is -0.298. The molecule has 170 valence electrons. The molecule has 0 saturated carbocycles. The van der Waals surface area contributed by atoms with Gasteiger partial charge in [-0.05, 0) is 25.1 Å². The van der Waals surface area contributed by atoms with Crippen molar-refractivity contribution in [3.05, 3.63) is 34.9 Å². The highest BCUT2D eigenvalue weighted by Crippen LogP contribution is 2.46. The molecule has 1 fully saturated rings. The van der Waals surface area contributed by atoms with Crippen LogP contribution >= 0.6 is 11.6 Å². The number of alkyl halides is 3. The van der Waals surface area contributed by atoms with Gasteiger partial charge in [0, 0.05) is 26.1 Å². The lowest BCUT2D eigenvalue weighted by atomic mass is 10.0. The van der Waals surface area contributed by atoms with Crippen molar-refractivity contribution < 1.29 is 27.1 Å². The Kier molecular flexibility index (Phi) is 6.44. The van der Waals surface area contributed by atoms with Gasteiger partial charge in [0.15, 0.2) is 11.7 Å². The predicted octanol–water partition coefficient (Wildman–Crippen LogP) is 3.24. The second kappa shape index (κ2) is 9.09. The molecule has 2 aromatic heterocycles. The summed E-state index contributed by atoms with van der Waals surface area (Å²) in [6, 6.07) is 0.516. The van der Waals surface area contributed by atoms with Gasteiger partial charge in [0.25, 0.3) is 5.91 Å². The van der Waals surface area contributed by atoms with Crippen LogP contribution in [0.2, 0.25) is 5.02 Å². The molecule has 0 aromatic carbocycles. The van der Waals surface area contributed by atoms with Crippen LogP contribution in [0.3, 0.4) is 0 Å². The summed E-state index contributed by atoms with van der Waals surface area (Å²) < 4.78 is 52.5. The number of aromatic nitrogens is 2. The molecule has 8 nitrogen and oxygen atoms in total. The molecular formula is C19H23ClF3N5O3. The van der Waals surface area contributed by atoms with Gasteiger partial charge in [-0.15, -0.1) is 0 Å². The standard InChI is InChI=1S/C19H23ClF3N5O3/c20-15-16(18(29)24-4-2-5-27-6-9-30-10-7-27)26-28-14(19(21,22)23)11-12(25-17(15)28)13-3-1-8-31-13/h1,3,8,12,14,25H,2,4-7,9-11H2,(H,24,29)/t12-,14+/m0/s1. The van der Waals surface area contributed by atoms with Gasteiger partial charge in [0.2, 0.25) is 0 Å². The third-order valence-corrected chi connectivity index (χ3v) is 5.80. The van der Waals surface area contributed by atoms with E-state index in [4.69, 9.17) is 20.8 Å². The van der Waals surface area contributed by atoms with E-state index in [1.165, 1.54) is 6.26 Å². The second-order valence-corrected chi connectivity index (χ2v) is 7.90. The maximum Gasteiger partial charge on any atom is 0.410 e. The normalized spacial score (nSPS) is 22.1. The molecule has 31 heavy (non-hydrogen) atoms. The largest absolute Gasteiger partial charge is 0.467 e. The van der Waals surface area contributed by atoms with E-state index in [1.807, 2.05) is 0 Å². The van der Waals surface area contributed by atoms with Gasteiger partial charge >= 0.3 is 6.18 Å². The summed E-state index contributed by atoms with van der Waals surface area (Å²) in [6.45, 7) is 4.21. The summed E-state index contributed by atoms with van der Waals surface area (Å²) in [4.78, 5) is 14.8. The Morgan fingerprint density at radius 2 is 2.13 bits per heavy atom. The highest BCUT2D eigenvalue weighted by atomic mass is 35.5. The van der Waals surface area contributed by atoms with Crippen molar-refractivity contribution in [2.75, 3.05) is 44.7 Å². The van der Waals surface area contributed by atoms with Crippen LogP contribution in [0.25, 0.3) is 0 Å². The summed E-state index contributed by atoms with van der Waals surface area (Å²) >= 11 is 6.29. The number of ether oxygens (including phenoxy) is 1. The highest BCUT2D eigenvalue weighted by Gasteiger charge is 2.48. The van der Waals surface area contributed by atoms with E-state index in [0.717, 1.165) is 24.3 Å². The van der Waals surface area contributed by atoms with Gasteiger partial charge in [-0.2, -0.15) is 18.3 Å². The molecule has 4 rings (SSSR count). The van der Waals surface area contributed by atoms with Crippen molar-refractivity contribution in [3.63, 3.8) is 0 Å². The summed E-state index contributed by atoms with van der Waals surface area (Å²) in [6.07, 6.45) is -2.81. The fourth-order valence-electron chi connectivity index (χ4n) is 3.82. The minimum absolute atomic E-state index is 0.0462. The summed E-state index contributed by atoms with van der Waals surface area (Å²) in [5, 5.41) is 9.40. The number of halogens is 4. The fourth-order valence-corrected chi connectivity index (χ4v) is 4.09. The number of morpholine rings is 1. The quantitative estimate of drug-likeness (QED) is 0.642. The lowest BCUT2D eigenvalue weighted by Gasteiger charge is -2.32. The number of hydrogen-bond acceptors (Lipinski definition) is 6. The molecule has 2 atom stereocenters. The Morgan fingerprint density at radius 1 is 1.35 bits per heavy atom. The number of anilines is 1. The number of carbonyl (C=O) groups excluding carboxylic acids is 1. The third-order valence-electron chi connectivity index (χ3n) is 5.44. The maximum absolute atomic E-state index is 13.7. The molecular weight excluding hydrogens is 439 g/mol. The maximum atomic E-state index is 13.7. The molecule has 0 radical (unpaired) electrons. The smallest absolute Gasteiger partial charge is 0.410 e. The average molecular weight is 462 g/mol. The molecule has 0 spiro atoms. The molecule has 0 unspecified atom stereocenters. The Balaban J connectivity index is 1.45. The molecule has 1 saturated heterocycles. The monoisotopic (exact) mass is 461 g/mol. The number of furan rings is 1. The minimum Gasteiger partial charge on any atom is -0.467 e.